The van der Waals surface area contributed by atoms with E-state index in [2.05, 4.69) is 28.1 Å². The molecule has 2 fully saturated rings. The molecule has 2 heterocycles. The van der Waals surface area contributed by atoms with Crippen LogP contribution in [0, 0.1) is 0 Å². The van der Waals surface area contributed by atoms with Crippen molar-refractivity contribution in [2.24, 2.45) is 0 Å². The second-order valence-corrected chi connectivity index (χ2v) is 7.32. The van der Waals surface area contributed by atoms with Crippen molar-refractivity contribution in [1.82, 2.24) is 20.0 Å². The smallest absolute Gasteiger partial charge is 0.224 e. The van der Waals surface area contributed by atoms with Crippen molar-refractivity contribution in [3.05, 3.63) is 34.9 Å². The quantitative estimate of drug-likeness (QED) is 0.769. The summed E-state index contributed by atoms with van der Waals surface area (Å²) in [5, 5.41) is 4.13. The summed E-state index contributed by atoms with van der Waals surface area (Å²) in [6, 6.07) is 7.96. The van der Waals surface area contributed by atoms with Gasteiger partial charge in [-0.3, -0.25) is 4.79 Å². The van der Waals surface area contributed by atoms with Crippen molar-refractivity contribution in [2.75, 3.05) is 58.9 Å². The highest BCUT2D eigenvalue weighted by Gasteiger charge is 2.28. The van der Waals surface area contributed by atoms with Crippen LogP contribution in [-0.4, -0.2) is 79.5 Å². The summed E-state index contributed by atoms with van der Waals surface area (Å²) >= 11 is 6.14. The van der Waals surface area contributed by atoms with Crippen LogP contribution < -0.4 is 5.32 Å². The Labute approximate surface area is 180 Å². The van der Waals surface area contributed by atoms with Crippen LogP contribution in [0.25, 0.3) is 0 Å². The molecule has 1 atom stereocenters. The van der Waals surface area contributed by atoms with E-state index >= 15 is 0 Å². The molecule has 2 aliphatic heterocycles. The van der Waals surface area contributed by atoms with Gasteiger partial charge in [-0.15, -0.1) is 24.8 Å². The maximum absolute atomic E-state index is 12.9. The minimum Gasteiger partial charge on any atom is -0.333 e. The van der Waals surface area contributed by atoms with Crippen LogP contribution in [0.1, 0.15) is 24.9 Å². The fraction of sp³-hybridized carbons (Fsp3) is 0.632. The molecule has 1 unspecified atom stereocenters. The molecule has 2 aliphatic rings. The number of likely N-dealkylation sites (N-methyl/N-ethyl adjacent to an activating group) is 1. The highest BCUT2D eigenvalue weighted by Crippen LogP contribution is 2.25. The van der Waals surface area contributed by atoms with E-state index in [0.29, 0.717) is 6.42 Å². The van der Waals surface area contributed by atoms with E-state index in [1.165, 1.54) is 0 Å². The molecule has 3 rings (SSSR count). The Hall–Kier alpha value is -0.560. The molecule has 0 spiro atoms. The predicted octanol–water partition coefficient (Wildman–Crippen LogP) is 2.68. The van der Waals surface area contributed by atoms with Gasteiger partial charge >= 0.3 is 0 Å². The van der Waals surface area contributed by atoms with E-state index < -0.39 is 0 Å². The number of carbonyl (C=O) groups excluding carboxylic acids is 1. The number of rotatable bonds is 5. The molecule has 1 N–H and O–H groups in total. The summed E-state index contributed by atoms with van der Waals surface area (Å²) in [6.45, 7) is 11.0. The second kappa shape index (κ2) is 12.1. The minimum atomic E-state index is 0. The fourth-order valence-electron chi connectivity index (χ4n) is 3.74. The first kappa shape index (κ1) is 24.5. The lowest BCUT2D eigenvalue weighted by Crippen LogP contribution is -2.50. The Morgan fingerprint density at radius 3 is 2.52 bits per heavy atom. The van der Waals surface area contributed by atoms with Crippen LogP contribution in [0.15, 0.2) is 24.3 Å². The Morgan fingerprint density at radius 2 is 1.85 bits per heavy atom. The molecular weight excluding hydrogens is 407 g/mol. The lowest BCUT2D eigenvalue weighted by atomic mass is 10.0. The Bertz CT molecular complexity index is 582. The number of benzene rings is 1. The second-order valence-electron chi connectivity index (χ2n) is 6.89. The number of nitrogens with one attached hydrogen (secondary N) is 1. The fourth-order valence-corrected chi connectivity index (χ4v) is 3.94. The van der Waals surface area contributed by atoms with Crippen LogP contribution in [0.4, 0.5) is 0 Å². The van der Waals surface area contributed by atoms with Crippen molar-refractivity contribution >= 4 is 42.3 Å². The van der Waals surface area contributed by atoms with Gasteiger partial charge in [0.2, 0.25) is 5.91 Å². The Kier molecular flexibility index (Phi) is 11.0. The largest absolute Gasteiger partial charge is 0.333 e. The van der Waals surface area contributed by atoms with Gasteiger partial charge in [-0.05, 0) is 24.2 Å². The van der Waals surface area contributed by atoms with E-state index in [1.807, 2.05) is 23.1 Å². The van der Waals surface area contributed by atoms with Crippen LogP contribution in [0.2, 0.25) is 5.02 Å². The number of hydrogen-bond acceptors (Lipinski definition) is 4. The molecule has 0 radical (unpaired) electrons. The first-order valence-electron chi connectivity index (χ1n) is 9.37. The first-order valence-corrected chi connectivity index (χ1v) is 9.75. The number of halogens is 3. The van der Waals surface area contributed by atoms with E-state index in [9.17, 15) is 4.79 Å². The molecule has 1 aromatic carbocycles. The molecule has 0 saturated carbocycles. The average molecular weight is 438 g/mol. The van der Waals surface area contributed by atoms with E-state index in [0.717, 1.165) is 69.5 Å². The number of amides is 1. The van der Waals surface area contributed by atoms with E-state index in [-0.39, 0.29) is 36.8 Å². The van der Waals surface area contributed by atoms with Gasteiger partial charge in [-0.25, -0.2) is 0 Å². The lowest BCUT2D eigenvalue weighted by molar-refractivity contribution is -0.135. The number of nitrogens with zero attached hydrogens (tertiary/aromatic N) is 3. The van der Waals surface area contributed by atoms with Crippen molar-refractivity contribution in [3.8, 4) is 0 Å². The SMILES string of the molecule is CCN1CCN(CCC(=O)N2CCNCC2c2cccc(Cl)c2)CC1.Cl.Cl. The van der Waals surface area contributed by atoms with Crippen LogP contribution in [0.3, 0.4) is 0 Å². The monoisotopic (exact) mass is 436 g/mol. The minimum absolute atomic E-state index is 0. The van der Waals surface area contributed by atoms with Gasteiger partial charge in [0.1, 0.15) is 0 Å². The summed E-state index contributed by atoms with van der Waals surface area (Å²) in [5.41, 5.74) is 1.12. The van der Waals surface area contributed by atoms with Crippen LogP contribution >= 0.6 is 36.4 Å². The highest BCUT2D eigenvalue weighted by atomic mass is 35.5. The third-order valence-electron chi connectivity index (χ3n) is 5.35. The molecular formula is C19H31Cl3N4O. The van der Waals surface area contributed by atoms with Gasteiger partial charge in [0.15, 0.2) is 0 Å². The average Bonchev–Trinajstić information content (AvgIpc) is 2.66. The summed E-state index contributed by atoms with van der Waals surface area (Å²) in [4.78, 5) is 19.8. The molecule has 1 aromatic rings. The zero-order chi connectivity index (χ0) is 17.6. The number of carbonyl (C=O) groups is 1. The topological polar surface area (TPSA) is 38.8 Å². The Balaban J connectivity index is 0.00000182. The van der Waals surface area contributed by atoms with Gasteiger partial charge in [0.05, 0.1) is 6.04 Å². The van der Waals surface area contributed by atoms with E-state index in [1.54, 1.807) is 0 Å². The van der Waals surface area contributed by atoms with Crippen LogP contribution in [-0.2, 0) is 4.79 Å². The normalized spacial score (nSPS) is 21.3. The van der Waals surface area contributed by atoms with Crippen molar-refractivity contribution in [2.45, 2.75) is 19.4 Å². The van der Waals surface area contributed by atoms with Gasteiger partial charge in [-0.1, -0.05) is 30.7 Å². The molecule has 154 valence electrons. The van der Waals surface area contributed by atoms with Crippen LogP contribution in [0.5, 0.6) is 0 Å². The number of hydrogen-bond donors (Lipinski definition) is 1. The zero-order valence-corrected chi connectivity index (χ0v) is 18.3. The van der Waals surface area contributed by atoms with Crippen molar-refractivity contribution in [1.29, 1.82) is 0 Å². The maximum Gasteiger partial charge on any atom is 0.224 e. The van der Waals surface area contributed by atoms with E-state index in [4.69, 9.17) is 11.6 Å². The third kappa shape index (κ3) is 6.77. The lowest BCUT2D eigenvalue weighted by Gasteiger charge is -2.38. The van der Waals surface area contributed by atoms with Gasteiger partial charge in [0, 0.05) is 63.8 Å². The summed E-state index contributed by atoms with van der Waals surface area (Å²) < 4.78 is 0. The summed E-state index contributed by atoms with van der Waals surface area (Å²) in [5.74, 6) is 0.254. The maximum atomic E-state index is 12.9. The molecule has 2 saturated heterocycles. The summed E-state index contributed by atoms with van der Waals surface area (Å²) in [6.07, 6.45) is 0.600. The molecule has 8 heteroatoms. The molecule has 1 amide bonds. The molecule has 27 heavy (non-hydrogen) atoms. The van der Waals surface area contributed by atoms with Gasteiger partial charge in [-0.2, -0.15) is 0 Å². The van der Waals surface area contributed by atoms with Crippen molar-refractivity contribution in [3.63, 3.8) is 0 Å². The first-order chi connectivity index (χ1) is 12.2. The highest BCUT2D eigenvalue weighted by molar-refractivity contribution is 6.30. The zero-order valence-electron chi connectivity index (χ0n) is 15.9. The summed E-state index contributed by atoms with van der Waals surface area (Å²) in [7, 11) is 0. The number of piperazine rings is 2. The Morgan fingerprint density at radius 1 is 1.15 bits per heavy atom. The molecule has 0 aliphatic carbocycles. The molecule has 5 nitrogen and oxygen atoms in total. The van der Waals surface area contributed by atoms with Gasteiger partial charge in [0.25, 0.3) is 0 Å². The standard InChI is InChI=1S/C19H29ClN4O.2ClH/c1-2-22-10-12-23(13-11-22)8-6-19(25)24-9-7-21-15-18(24)16-4-3-5-17(20)14-16;;/h3-5,14,18,21H,2,6-13,15H2,1H3;2*1H. The predicted molar refractivity (Wildman–Crippen MR) is 116 cm³/mol. The third-order valence-corrected chi connectivity index (χ3v) is 5.59. The van der Waals surface area contributed by atoms with Gasteiger partial charge < -0.3 is 20.0 Å². The molecule has 0 bridgehead atoms. The van der Waals surface area contributed by atoms with Crippen molar-refractivity contribution < 1.29 is 4.79 Å². The molecule has 0 aromatic heterocycles.